The zero-order chi connectivity index (χ0) is 9.97. The van der Waals surface area contributed by atoms with E-state index in [4.69, 9.17) is 0 Å². The number of fused-ring (bicyclic) bond motifs is 1. The largest absolute Gasteiger partial charge is 0.246 e. The van der Waals surface area contributed by atoms with Gasteiger partial charge in [0.1, 0.15) is 13.3 Å². The number of alkyl halides is 2. The number of benzene rings is 1. The minimum Gasteiger partial charge on any atom is -0.246 e. The number of para-hydroxylation sites is 2. The van der Waals surface area contributed by atoms with Crippen LogP contribution in [-0.4, -0.2) is 9.97 Å². The molecule has 14 heavy (non-hydrogen) atoms. The Morgan fingerprint density at radius 1 is 0.857 bits per heavy atom. The number of hydrogen-bond donors (Lipinski definition) is 0. The van der Waals surface area contributed by atoms with Gasteiger partial charge in [-0.25, -0.2) is 18.7 Å². The van der Waals surface area contributed by atoms with Gasteiger partial charge in [0.2, 0.25) is 0 Å². The molecule has 0 amide bonds. The summed E-state index contributed by atoms with van der Waals surface area (Å²) in [5.41, 5.74) is 1.37. The Kier molecular flexibility index (Phi) is 2.35. The normalized spacial score (nSPS) is 10.7. The number of hydrogen-bond acceptors (Lipinski definition) is 2. The summed E-state index contributed by atoms with van der Waals surface area (Å²) in [5.74, 6) is 0. The first-order chi connectivity index (χ1) is 6.85. The van der Waals surface area contributed by atoms with Crippen LogP contribution >= 0.6 is 0 Å². The van der Waals surface area contributed by atoms with Crippen LogP contribution in [0.2, 0.25) is 0 Å². The molecule has 1 aromatic carbocycles. The summed E-state index contributed by atoms with van der Waals surface area (Å²) in [5, 5.41) is 0. The fraction of sp³-hybridized carbons (Fsp3) is 0.200. The van der Waals surface area contributed by atoms with E-state index in [1.54, 1.807) is 24.3 Å². The maximum Gasteiger partial charge on any atom is 0.133 e. The van der Waals surface area contributed by atoms with Crippen molar-refractivity contribution < 1.29 is 8.78 Å². The lowest BCUT2D eigenvalue weighted by molar-refractivity contribution is 0.440. The second kappa shape index (κ2) is 3.65. The molecular weight excluding hydrogens is 186 g/mol. The molecule has 0 atom stereocenters. The first-order valence-electron chi connectivity index (χ1n) is 4.21. The molecule has 0 saturated carbocycles. The topological polar surface area (TPSA) is 25.8 Å². The highest BCUT2D eigenvalue weighted by atomic mass is 19.1. The Morgan fingerprint density at radius 3 is 1.64 bits per heavy atom. The van der Waals surface area contributed by atoms with Gasteiger partial charge >= 0.3 is 0 Å². The monoisotopic (exact) mass is 194 g/mol. The molecule has 2 nitrogen and oxygen atoms in total. The summed E-state index contributed by atoms with van der Waals surface area (Å²) in [6.45, 7) is -1.56. The number of aromatic nitrogens is 2. The van der Waals surface area contributed by atoms with Crippen molar-refractivity contribution >= 4 is 11.0 Å². The van der Waals surface area contributed by atoms with Gasteiger partial charge in [-0.1, -0.05) is 12.1 Å². The highest BCUT2D eigenvalue weighted by Crippen LogP contribution is 2.14. The molecular formula is C10H8F2N2. The molecule has 1 aromatic heterocycles. The highest BCUT2D eigenvalue weighted by molar-refractivity contribution is 5.74. The van der Waals surface area contributed by atoms with Crippen molar-refractivity contribution in [1.29, 1.82) is 0 Å². The summed E-state index contributed by atoms with van der Waals surface area (Å²) in [4.78, 5) is 7.97. The van der Waals surface area contributed by atoms with Crippen molar-refractivity contribution in [2.45, 2.75) is 13.3 Å². The standard InChI is InChI=1S/C10H8F2N2/c11-5-9-10(6-12)14-8-4-2-1-3-7(8)13-9/h1-4H,5-6H2. The molecule has 0 radical (unpaired) electrons. The predicted molar refractivity (Wildman–Crippen MR) is 49.2 cm³/mol. The molecule has 0 N–H and O–H groups in total. The van der Waals surface area contributed by atoms with Crippen LogP contribution < -0.4 is 0 Å². The van der Waals surface area contributed by atoms with Gasteiger partial charge in [-0.05, 0) is 12.1 Å². The Labute approximate surface area is 79.6 Å². The number of halogens is 2. The van der Waals surface area contributed by atoms with Crippen molar-refractivity contribution in [2.24, 2.45) is 0 Å². The lowest BCUT2D eigenvalue weighted by Gasteiger charge is -2.03. The second-order valence-electron chi connectivity index (χ2n) is 2.87. The van der Waals surface area contributed by atoms with E-state index >= 15 is 0 Å². The van der Waals surface area contributed by atoms with Crippen molar-refractivity contribution in [2.75, 3.05) is 0 Å². The minimum absolute atomic E-state index is 0.0891. The van der Waals surface area contributed by atoms with Gasteiger partial charge in [-0.2, -0.15) is 0 Å². The minimum atomic E-state index is -0.781. The van der Waals surface area contributed by atoms with Crippen LogP contribution in [0, 0.1) is 0 Å². The Balaban J connectivity index is 2.69. The van der Waals surface area contributed by atoms with E-state index in [1.807, 2.05) is 0 Å². The smallest absolute Gasteiger partial charge is 0.133 e. The summed E-state index contributed by atoms with van der Waals surface area (Å²) in [6.07, 6.45) is 0. The summed E-state index contributed by atoms with van der Waals surface area (Å²) in [7, 11) is 0. The third-order valence-corrected chi connectivity index (χ3v) is 1.98. The SMILES string of the molecule is FCc1nc2ccccc2nc1CF. The summed E-state index contributed by atoms with van der Waals surface area (Å²) < 4.78 is 24.9. The molecule has 0 bridgehead atoms. The van der Waals surface area contributed by atoms with E-state index < -0.39 is 13.3 Å². The Morgan fingerprint density at radius 2 is 1.29 bits per heavy atom. The molecule has 2 rings (SSSR count). The molecule has 4 heteroatoms. The van der Waals surface area contributed by atoms with E-state index in [1.165, 1.54) is 0 Å². The predicted octanol–water partition coefficient (Wildman–Crippen LogP) is 2.57. The van der Waals surface area contributed by atoms with Crippen molar-refractivity contribution in [1.82, 2.24) is 9.97 Å². The van der Waals surface area contributed by atoms with Crippen LogP contribution in [0.1, 0.15) is 11.4 Å². The fourth-order valence-corrected chi connectivity index (χ4v) is 1.29. The van der Waals surface area contributed by atoms with Gasteiger partial charge in [0.25, 0.3) is 0 Å². The van der Waals surface area contributed by atoms with Crippen LogP contribution in [0.15, 0.2) is 24.3 Å². The molecule has 0 saturated heterocycles. The zero-order valence-corrected chi connectivity index (χ0v) is 7.37. The quantitative estimate of drug-likeness (QED) is 0.734. The maximum atomic E-state index is 12.4. The molecule has 2 aromatic rings. The average Bonchev–Trinajstić information content (AvgIpc) is 2.27. The van der Waals surface area contributed by atoms with Crippen molar-refractivity contribution in [3.05, 3.63) is 35.7 Å². The lowest BCUT2D eigenvalue weighted by atomic mass is 10.2. The highest BCUT2D eigenvalue weighted by Gasteiger charge is 2.07. The average molecular weight is 194 g/mol. The zero-order valence-electron chi connectivity index (χ0n) is 7.37. The molecule has 0 aliphatic rings. The third-order valence-electron chi connectivity index (χ3n) is 1.98. The molecule has 0 fully saturated rings. The van der Waals surface area contributed by atoms with E-state index in [-0.39, 0.29) is 11.4 Å². The number of rotatable bonds is 2. The van der Waals surface area contributed by atoms with Gasteiger partial charge in [-0.3, -0.25) is 0 Å². The third kappa shape index (κ3) is 1.43. The first kappa shape index (κ1) is 8.99. The van der Waals surface area contributed by atoms with E-state index in [0.29, 0.717) is 11.0 Å². The summed E-state index contributed by atoms with van der Waals surface area (Å²) in [6, 6.07) is 7.02. The van der Waals surface area contributed by atoms with Gasteiger partial charge in [0.15, 0.2) is 0 Å². The van der Waals surface area contributed by atoms with E-state index in [9.17, 15) is 8.78 Å². The molecule has 1 heterocycles. The van der Waals surface area contributed by atoms with Crippen LogP contribution in [0.3, 0.4) is 0 Å². The molecule has 0 spiro atoms. The van der Waals surface area contributed by atoms with E-state index in [2.05, 4.69) is 9.97 Å². The Hall–Kier alpha value is -1.58. The number of nitrogens with zero attached hydrogens (tertiary/aromatic N) is 2. The second-order valence-corrected chi connectivity index (χ2v) is 2.87. The lowest BCUT2D eigenvalue weighted by Crippen LogP contribution is -1.98. The van der Waals surface area contributed by atoms with Crippen LogP contribution in [0.5, 0.6) is 0 Å². The molecule has 72 valence electrons. The summed E-state index contributed by atoms with van der Waals surface area (Å²) >= 11 is 0. The maximum absolute atomic E-state index is 12.4. The van der Waals surface area contributed by atoms with E-state index in [0.717, 1.165) is 0 Å². The van der Waals surface area contributed by atoms with Crippen molar-refractivity contribution in [3.8, 4) is 0 Å². The van der Waals surface area contributed by atoms with Crippen LogP contribution in [-0.2, 0) is 13.3 Å². The first-order valence-corrected chi connectivity index (χ1v) is 4.21. The van der Waals surface area contributed by atoms with Crippen LogP contribution in [0.25, 0.3) is 11.0 Å². The molecule has 0 unspecified atom stereocenters. The van der Waals surface area contributed by atoms with Gasteiger partial charge in [-0.15, -0.1) is 0 Å². The van der Waals surface area contributed by atoms with Gasteiger partial charge in [0.05, 0.1) is 22.4 Å². The molecule has 0 aliphatic carbocycles. The Bertz CT molecular complexity index is 414. The van der Waals surface area contributed by atoms with Crippen LogP contribution in [0.4, 0.5) is 8.78 Å². The fourth-order valence-electron chi connectivity index (χ4n) is 1.29. The molecule has 0 aliphatic heterocycles. The van der Waals surface area contributed by atoms with Gasteiger partial charge < -0.3 is 0 Å². The van der Waals surface area contributed by atoms with Gasteiger partial charge in [0, 0.05) is 0 Å². The van der Waals surface area contributed by atoms with Crippen molar-refractivity contribution in [3.63, 3.8) is 0 Å².